The Morgan fingerprint density at radius 2 is 2.33 bits per heavy atom. The van der Waals surface area contributed by atoms with Gasteiger partial charge in [-0.2, -0.15) is 0 Å². The number of aliphatic hydroxyl groups excluding tert-OH is 1. The van der Waals surface area contributed by atoms with Crippen molar-refractivity contribution in [2.24, 2.45) is 11.8 Å². The molecule has 0 spiro atoms. The van der Waals surface area contributed by atoms with Crippen LogP contribution < -0.4 is 5.32 Å². The van der Waals surface area contributed by atoms with E-state index < -0.39 is 0 Å². The molecule has 1 aliphatic carbocycles. The number of amides is 1. The number of carbonyl (C=O) groups excluding carboxylic acids is 1. The molecule has 1 saturated carbocycles. The lowest BCUT2D eigenvalue weighted by Crippen LogP contribution is -2.29. The summed E-state index contributed by atoms with van der Waals surface area (Å²) >= 11 is 0. The maximum absolute atomic E-state index is 11.1. The summed E-state index contributed by atoms with van der Waals surface area (Å²) in [6, 6.07) is 0. The largest absolute Gasteiger partial charge is 0.396 e. The fraction of sp³-hybridized carbons (Fsp3) is 0.889. The highest BCUT2D eigenvalue weighted by molar-refractivity contribution is 5.80. The predicted octanol–water partition coefficient (Wildman–Crippen LogP) is 0.531. The summed E-state index contributed by atoms with van der Waals surface area (Å²) in [6.45, 7) is 2.94. The highest BCUT2D eigenvalue weighted by atomic mass is 16.3. The minimum atomic E-state index is 0.194. The minimum absolute atomic E-state index is 0.194. The quantitative estimate of drug-likeness (QED) is 0.634. The van der Waals surface area contributed by atoms with Gasteiger partial charge in [0, 0.05) is 19.1 Å². The zero-order chi connectivity index (χ0) is 8.97. The maximum atomic E-state index is 11.1. The zero-order valence-corrected chi connectivity index (χ0v) is 7.55. The van der Waals surface area contributed by atoms with E-state index in [0.29, 0.717) is 18.4 Å². The number of carbonyl (C=O) groups is 1. The lowest BCUT2D eigenvalue weighted by molar-refractivity contribution is -0.122. The van der Waals surface area contributed by atoms with Crippen LogP contribution in [0, 0.1) is 11.8 Å². The van der Waals surface area contributed by atoms with Gasteiger partial charge < -0.3 is 10.4 Å². The van der Waals surface area contributed by atoms with E-state index in [1.165, 1.54) is 0 Å². The molecule has 0 aliphatic heterocycles. The number of hydrogen-bond donors (Lipinski definition) is 2. The Bertz CT molecular complexity index is 155. The fourth-order valence-corrected chi connectivity index (χ4v) is 1.09. The molecule has 1 aliphatic rings. The summed E-state index contributed by atoms with van der Waals surface area (Å²) in [7, 11) is 0. The van der Waals surface area contributed by atoms with Gasteiger partial charge in [-0.1, -0.05) is 6.92 Å². The molecular formula is C9H17NO2. The first-order valence-corrected chi connectivity index (χ1v) is 4.62. The third kappa shape index (κ3) is 3.22. The van der Waals surface area contributed by atoms with Gasteiger partial charge in [0.15, 0.2) is 0 Å². The van der Waals surface area contributed by atoms with Crippen molar-refractivity contribution in [2.45, 2.75) is 26.2 Å². The van der Waals surface area contributed by atoms with Crippen LogP contribution in [0.5, 0.6) is 0 Å². The monoisotopic (exact) mass is 171 g/mol. The molecule has 0 heterocycles. The maximum Gasteiger partial charge on any atom is 0.223 e. The van der Waals surface area contributed by atoms with E-state index >= 15 is 0 Å². The van der Waals surface area contributed by atoms with Gasteiger partial charge in [-0.15, -0.1) is 0 Å². The number of aliphatic hydroxyl groups is 1. The van der Waals surface area contributed by atoms with E-state index in [1.807, 2.05) is 6.92 Å². The molecule has 1 atom stereocenters. The van der Waals surface area contributed by atoms with Gasteiger partial charge >= 0.3 is 0 Å². The summed E-state index contributed by atoms with van der Waals surface area (Å²) in [6.07, 6.45) is 2.88. The highest BCUT2D eigenvalue weighted by Crippen LogP contribution is 2.28. The van der Waals surface area contributed by atoms with Crippen LogP contribution in [-0.4, -0.2) is 24.2 Å². The lowest BCUT2D eigenvalue weighted by Gasteiger charge is -2.10. The molecule has 0 aromatic rings. The Labute approximate surface area is 73.2 Å². The minimum Gasteiger partial charge on any atom is -0.396 e. The standard InChI is InChI=1S/C9H17NO2/c1-7(4-5-11)6-10-9(12)8-2-3-8/h7-8,11H,2-6H2,1H3,(H,10,12). The number of rotatable bonds is 5. The van der Waals surface area contributed by atoms with Crippen LogP contribution in [0.1, 0.15) is 26.2 Å². The second-order valence-electron chi connectivity index (χ2n) is 3.64. The van der Waals surface area contributed by atoms with Gasteiger partial charge in [-0.3, -0.25) is 4.79 Å². The van der Waals surface area contributed by atoms with Crippen molar-refractivity contribution >= 4 is 5.91 Å². The molecular weight excluding hydrogens is 154 g/mol. The van der Waals surface area contributed by atoms with E-state index in [2.05, 4.69) is 5.32 Å². The van der Waals surface area contributed by atoms with E-state index in [-0.39, 0.29) is 12.5 Å². The van der Waals surface area contributed by atoms with Crippen LogP contribution in [0.15, 0.2) is 0 Å². The second-order valence-corrected chi connectivity index (χ2v) is 3.64. The molecule has 12 heavy (non-hydrogen) atoms. The van der Waals surface area contributed by atoms with Crippen molar-refractivity contribution in [3.63, 3.8) is 0 Å². The normalized spacial score (nSPS) is 18.8. The van der Waals surface area contributed by atoms with Crippen LogP contribution in [0.25, 0.3) is 0 Å². The third-order valence-electron chi connectivity index (χ3n) is 2.19. The molecule has 0 bridgehead atoms. The summed E-state index contributed by atoms with van der Waals surface area (Å²) in [4.78, 5) is 11.1. The van der Waals surface area contributed by atoms with Crippen LogP contribution >= 0.6 is 0 Å². The van der Waals surface area contributed by atoms with Crippen LogP contribution in [0.4, 0.5) is 0 Å². The van der Waals surface area contributed by atoms with Gasteiger partial charge in [-0.25, -0.2) is 0 Å². The zero-order valence-electron chi connectivity index (χ0n) is 7.55. The molecule has 1 amide bonds. The molecule has 1 rings (SSSR count). The first-order valence-electron chi connectivity index (χ1n) is 4.62. The molecule has 0 aromatic heterocycles. The van der Waals surface area contributed by atoms with E-state index in [0.717, 1.165) is 19.3 Å². The fourth-order valence-electron chi connectivity index (χ4n) is 1.09. The molecule has 70 valence electrons. The van der Waals surface area contributed by atoms with Crippen LogP contribution in [0.3, 0.4) is 0 Å². The molecule has 0 radical (unpaired) electrons. The van der Waals surface area contributed by atoms with Crippen molar-refractivity contribution in [1.29, 1.82) is 0 Å². The van der Waals surface area contributed by atoms with E-state index in [1.54, 1.807) is 0 Å². The molecule has 1 fully saturated rings. The Morgan fingerprint density at radius 1 is 1.67 bits per heavy atom. The lowest BCUT2D eigenvalue weighted by atomic mass is 10.1. The summed E-state index contributed by atoms with van der Waals surface area (Å²) in [5.41, 5.74) is 0. The molecule has 3 nitrogen and oxygen atoms in total. The van der Waals surface area contributed by atoms with Gasteiger partial charge in [0.2, 0.25) is 5.91 Å². The molecule has 2 N–H and O–H groups in total. The Morgan fingerprint density at radius 3 is 2.83 bits per heavy atom. The molecule has 0 aromatic carbocycles. The molecule has 1 unspecified atom stereocenters. The van der Waals surface area contributed by atoms with Crippen molar-refractivity contribution in [3.8, 4) is 0 Å². The van der Waals surface area contributed by atoms with E-state index in [9.17, 15) is 4.79 Å². The Hall–Kier alpha value is -0.570. The average Bonchev–Trinajstić information content (AvgIpc) is 2.83. The van der Waals surface area contributed by atoms with Crippen molar-refractivity contribution in [1.82, 2.24) is 5.32 Å². The van der Waals surface area contributed by atoms with Gasteiger partial charge in [0.25, 0.3) is 0 Å². The van der Waals surface area contributed by atoms with Gasteiger partial charge in [-0.05, 0) is 25.2 Å². The van der Waals surface area contributed by atoms with Crippen LogP contribution in [-0.2, 0) is 4.79 Å². The predicted molar refractivity (Wildman–Crippen MR) is 46.6 cm³/mol. The van der Waals surface area contributed by atoms with E-state index in [4.69, 9.17) is 5.11 Å². The second kappa shape index (κ2) is 4.45. The van der Waals surface area contributed by atoms with Crippen LogP contribution in [0.2, 0.25) is 0 Å². The van der Waals surface area contributed by atoms with Crippen molar-refractivity contribution in [2.75, 3.05) is 13.2 Å². The summed E-state index contributed by atoms with van der Waals surface area (Å²) in [5.74, 6) is 0.879. The van der Waals surface area contributed by atoms with Crippen molar-refractivity contribution in [3.05, 3.63) is 0 Å². The van der Waals surface area contributed by atoms with Gasteiger partial charge in [0.05, 0.1) is 0 Å². The molecule has 0 saturated heterocycles. The highest BCUT2D eigenvalue weighted by Gasteiger charge is 2.29. The Balaban J connectivity index is 2.03. The number of hydrogen-bond acceptors (Lipinski definition) is 2. The smallest absolute Gasteiger partial charge is 0.223 e. The van der Waals surface area contributed by atoms with Crippen molar-refractivity contribution < 1.29 is 9.90 Å². The van der Waals surface area contributed by atoms with Gasteiger partial charge in [0.1, 0.15) is 0 Å². The first-order chi connectivity index (χ1) is 5.74. The third-order valence-corrected chi connectivity index (χ3v) is 2.19. The molecule has 3 heteroatoms. The Kier molecular flexibility index (Phi) is 3.53. The summed E-state index contributed by atoms with van der Waals surface area (Å²) < 4.78 is 0. The topological polar surface area (TPSA) is 49.3 Å². The summed E-state index contributed by atoms with van der Waals surface area (Å²) in [5, 5.41) is 11.5. The average molecular weight is 171 g/mol. The SMILES string of the molecule is CC(CCO)CNC(=O)C1CC1. The number of nitrogens with one attached hydrogen (secondary N) is 1. The first kappa shape index (κ1) is 9.52.